The van der Waals surface area contributed by atoms with Crippen LogP contribution in [-0.4, -0.2) is 41.0 Å². The topological polar surface area (TPSA) is 86.7 Å². The highest BCUT2D eigenvalue weighted by atomic mass is 16.6. The van der Waals surface area contributed by atoms with Crippen molar-refractivity contribution in [1.82, 2.24) is 20.2 Å². The molecule has 0 bridgehead atoms. The summed E-state index contributed by atoms with van der Waals surface area (Å²) in [5, 5.41) is 8.03. The molecule has 1 aliphatic rings. The molecule has 3 heterocycles. The number of benzene rings is 1. The molecule has 148 valence electrons. The Balaban J connectivity index is 1.61. The summed E-state index contributed by atoms with van der Waals surface area (Å²) in [6, 6.07) is 5.76. The third-order valence-electron chi connectivity index (χ3n) is 5.25. The van der Waals surface area contributed by atoms with Crippen LogP contribution in [0.3, 0.4) is 0 Å². The van der Waals surface area contributed by atoms with E-state index in [1.807, 2.05) is 32.0 Å². The average molecular weight is 384 g/mol. The summed E-state index contributed by atoms with van der Waals surface area (Å²) in [7, 11) is 3.26. The molecule has 0 radical (unpaired) electrons. The Morgan fingerprint density at radius 2 is 2.04 bits per heavy atom. The predicted octanol–water partition coefficient (Wildman–Crippen LogP) is 3.70. The number of methoxy groups -OCH3 is 2. The van der Waals surface area contributed by atoms with E-state index < -0.39 is 0 Å². The predicted molar refractivity (Wildman–Crippen MR) is 101 cm³/mol. The zero-order valence-electron chi connectivity index (χ0n) is 16.6. The molecule has 0 spiro atoms. The molecular weight excluding hydrogens is 360 g/mol. The number of hydrogen-bond donors (Lipinski definition) is 0. The lowest BCUT2D eigenvalue weighted by Crippen LogP contribution is -2.24. The molecule has 1 atom stereocenters. The Labute approximate surface area is 163 Å². The zero-order valence-corrected chi connectivity index (χ0v) is 16.6. The molecular formula is C20H24N4O4. The third kappa shape index (κ3) is 3.35. The summed E-state index contributed by atoms with van der Waals surface area (Å²) in [6.07, 6.45) is 2.13. The summed E-state index contributed by atoms with van der Waals surface area (Å²) >= 11 is 0. The molecule has 1 aromatic carbocycles. The minimum Gasteiger partial charge on any atom is -0.497 e. The van der Waals surface area contributed by atoms with Crippen molar-refractivity contribution >= 4 is 0 Å². The second-order valence-electron chi connectivity index (χ2n) is 6.95. The van der Waals surface area contributed by atoms with Crippen molar-refractivity contribution in [1.29, 1.82) is 0 Å². The van der Waals surface area contributed by atoms with Gasteiger partial charge in [0.1, 0.15) is 28.6 Å². The van der Waals surface area contributed by atoms with Gasteiger partial charge in [-0.15, -0.1) is 0 Å². The maximum Gasteiger partial charge on any atom is 0.230 e. The SMILES string of the molecule is COc1ccc(OC)c(-c2nc(CN3CCC[C@@H]3c3nonc3C)c(C)o2)c1. The van der Waals surface area contributed by atoms with Gasteiger partial charge in [-0.3, -0.25) is 4.90 Å². The lowest BCUT2D eigenvalue weighted by atomic mass is 10.1. The van der Waals surface area contributed by atoms with Crippen LogP contribution < -0.4 is 9.47 Å². The fraction of sp³-hybridized carbons (Fsp3) is 0.450. The summed E-state index contributed by atoms with van der Waals surface area (Å²) in [4.78, 5) is 7.11. The molecule has 8 nitrogen and oxygen atoms in total. The van der Waals surface area contributed by atoms with Crippen LogP contribution in [0.2, 0.25) is 0 Å². The van der Waals surface area contributed by atoms with Crippen LogP contribution in [0, 0.1) is 13.8 Å². The van der Waals surface area contributed by atoms with Gasteiger partial charge in [0.15, 0.2) is 0 Å². The van der Waals surface area contributed by atoms with Gasteiger partial charge in [0.25, 0.3) is 0 Å². The van der Waals surface area contributed by atoms with E-state index in [4.69, 9.17) is 23.5 Å². The minimum atomic E-state index is 0.192. The van der Waals surface area contributed by atoms with Crippen LogP contribution >= 0.6 is 0 Å². The number of nitrogens with zero attached hydrogens (tertiary/aromatic N) is 4. The number of rotatable bonds is 6. The van der Waals surface area contributed by atoms with E-state index >= 15 is 0 Å². The summed E-state index contributed by atoms with van der Waals surface area (Å²) < 4.78 is 21.7. The molecule has 1 saturated heterocycles. The molecule has 1 aliphatic heterocycles. The van der Waals surface area contributed by atoms with Crippen LogP contribution in [0.1, 0.15) is 41.7 Å². The summed E-state index contributed by atoms with van der Waals surface area (Å²) in [6.45, 7) is 5.52. The quantitative estimate of drug-likeness (QED) is 0.636. The number of hydrogen-bond acceptors (Lipinski definition) is 8. The Kier molecular flexibility index (Phi) is 5.04. The van der Waals surface area contributed by atoms with Crippen molar-refractivity contribution in [2.45, 2.75) is 39.3 Å². The Bertz CT molecular complexity index is 965. The first-order valence-corrected chi connectivity index (χ1v) is 9.32. The van der Waals surface area contributed by atoms with E-state index in [-0.39, 0.29) is 6.04 Å². The number of ether oxygens (including phenoxy) is 2. The largest absolute Gasteiger partial charge is 0.497 e. The van der Waals surface area contributed by atoms with E-state index in [9.17, 15) is 0 Å². The molecule has 0 saturated carbocycles. The molecule has 0 amide bonds. The highest BCUT2D eigenvalue weighted by Gasteiger charge is 2.31. The molecule has 2 aromatic heterocycles. The van der Waals surface area contributed by atoms with Gasteiger partial charge in [-0.2, -0.15) is 0 Å². The van der Waals surface area contributed by atoms with Gasteiger partial charge < -0.3 is 13.9 Å². The van der Waals surface area contributed by atoms with E-state index in [0.717, 1.165) is 53.5 Å². The lowest BCUT2D eigenvalue weighted by molar-refractivity contribution is 0.228. The monoisotopic (exact) mass is 384 g/mol. The standard InChI is InChI=1S/C20H24N4O4/c1-12-19(23-28-22-12)17-6-5-9-24(17)11-16-13(2)27-20(21-16)15-10-14(25-3)7-8-18(15)26-4/h7-8,10,17H,5-6,9,11H2,1-4H3/t17-/m1/s1. The number of aromatic nitrogens is 3. The van der Waals surface area contributed by atoms with Crippen molar-refractivity contribution in [2.24, 2.45) is 0 Å². The lowest BCUT2D eigenvalue weighted by Gasteiger charge is -2.21. The second kappa shape index (κ2) is 7.63. The first-order chi connectivity index (χ1) is 13.6. The highest BCUT2D eigenvalue weighted by molar-refractivity contribution is 5.65. The van der Waals surface area contributed by atoms with Gasteiger partial charge in [0.2, 0.25) is 5.89 Å². The maximum atomic E-state index is 5.98. The molecule has 28 heavy (non-hydrogen) atoms. The van der Waals surface area contributed by atoms with Gasteiger partial charge in [0.05, 0.1) is 31.5 Å². The van der Waals surface area contributed by atoms with Crippen molar-refractivity contribution in [3.8, 4) is 23.0 Å². The number of likely N-dealkylation sites (tertiary alicyclic amines) is 1. The Hall–Kier alpha value is -2.87. The van der Waals surface area contributed by atoms with Crippen LogP contribution in [-0.2, 0) is 6.54 Å². The molecule has 8 heteroatoms. The summed E-state index contributed by atoms with van der Waals surface area (Å²) in [5.74, 6) is 2.73. The fourth-order valence-corrected chi connectivity index (χ4v) is 3.73. The van der Waals surface area contributed by atoms with Crippen molar-refractivity contribution in [3.05, 3.63) is 41.0 Å². The molecule has 1 fully saturated rings. The van der Waals surface area contributed by atoms with E-state index in [1.54, 1.807) is 14.2 Å². The molecule has 3 aromatic rings. The van der Waals surface area contributed by atoms with E-state index in [0.29, 0.717) is 18.2 Å². The van der Waals surface area contributed by atoms with Gasteiger partial charge >= 0.3 is 0 Å². The van der Waals surface area contributed by atoms with Crippen LogP contribution in [0.15, 0.2) is 27.2 Å². The second-order valence-corrected chi connectivity index (χ2v) is 6.95. The van der Waals surface area contributed by atoms with Gasteiger partial charge in [0, 0.05) is 6.54 Å². The van der Waals surface area contributed by atoms with Crippen LogP contribution in [0.25, 0.3) is 11.5 Å². The van der Waals surface area contributed by atoms with Gasteiger partial charge in [-0.25, -0.2) is 9.61 Å². The van der Waals surface area contributed by atoms with E-state index in [1.165, 1.54) is 0 Å². The zero-order chi connectivity index (χ0) is 19.7. The first-order valence-electron chi connectivity index (χ1n) is 9.32. The van der Waals surface area contributed by atoms with Crippen LogP contribution in [0.5, 0.6) is 11.5 Å². The first kappa shape index (κ1) is 18.5. The summed E-state index contributed by atoms with van der Waals surface area (Å²) in [5.41, 5.74) is 3.43. The smallest absolute Gasteiger partial charge is 0.230 e. The normalized spacial score (nSPS) is 17.2. The minimum absolute atomic E-state index is 0.192. The molecule has 4 rings (SSSR count). The maximum absolute atomic E-state index is 5.98. The number of oxazole rings is 1. The van der Waals surface area contributed by atoms with Gasteiger partial charge in [-0.05, 0) is 51.4 Å². The van der Waals surface area contributed by atoms with Crippen molar-refractivity contribution < 1.29 is 18.5 Å². The number of aryl methyl sites for hydroxylation is 2. The van der Waals surface area contributed by atoms with Crippen molar-refractivity contribution in [2.75, 3.05) is 20.8 Å². The van der Waals surface area contributed by atoms with Crippen LogP contribution in [0.4, 0.5) is 0 Å². The van der Waals surface area contributed by atoms with Crippen molar-refractivity contribution in [3.63, 3.8) is 0 Å². The Morgan fingerprint density at radius 3 is 2.75 bits per heavy atom. The molecule has 0 unspecified atom stereocenters. The van der Waals surface area contributed by atoms with E-state index in [2.05, 4.69) is 15.2 Å². The highest BCUT2D eigenvalue weighted by Crippen LogP contribution is 2.36. The molecule has 0 aliphatic carbocycles. The fourth-order valence-electron chi connectivity index (χ4n) is 3.73. The molecule has 0 N–H and O–H groups in total. The third-order valence-corrected chi connectivity index (χ3v) is 5.25. The van der Waals surface area contributed by atoms with Gasteiger partial charge in [-0.1, -0.05) is 10.3 Å². The Morgan fingerprint density at radius 1 is 1.18 bits per heavy atom. The average Bonchev–Trinajstić information content (AvgIpc) is 3.42.